The van der Waals surface area contributed by atoms with E-state index in [4.69, 9.17) is 4.74 Å². The van der Waals surface area contributed by atoms with Crippen molar-refractivity contribution in [3.63, 3.8) is 0 Å². The van der Waals surface area contributed by atoms with E-state index in [-0.39, 0.29) is 12.3 Å². The van der Waals surface area contributed by atoms with Gasteiger partial charge in [-0.3, -0.25) is 14.5 Å². The summed E-state index contributed by atoms with van der Waals surface area (Å²) >= 11 is 0. The number of rotatable bonds is 5. The van der Waals surface area contributed by atoms with E-state index in [1.54, 1.807) is 17.0 Å². The third kappa shape index (κ3) is 4.04. The first-order valence-corrected chi connectivity index (χ1v) is 6.56. The highest BCUT2D eigenvalue weighted by atomic mass is 16.5. The lowest BCUT2D eigenvalue weighted by molar-refractivity contribution is -0.147. The Labute approximate surface area is 117 Å². The van der Waals surface area contributed by atoms with Crippen LogP contribution in [0.2, 0.25) is 0 Å². The number of anilines is 1. The second kappa shape index (κ2) is 7.02. The molecule has 2 rings (SSSR count). The van der Waals surface area contributed by atoms with Gasteiger partial charge in [0.1, 0.15) is 6.04 Å². The topological polar surface area (TPSA) is 78.9 Å². The van der Waals surface area contributed by atoms with Crippen LogP contribution in [-0.4, -0.2) is 54.2 Å². The van der Waals surface area contributed by atoms with Crippen LogP contribution < -0.4 is 5.32 Å². The monoisotopic (exact) mass is 278 g/mol. The summed E-state index contributed by atoms with van der Waals surface area (Å²) in [6.45, 7) is 2.08. The molecule has 1 heterocycles. The molecule has 0 aliphatic carbocycles. The quantitative estimate of drug-likeness (QED) is 0.833. The Morgan fingerprint density at radius 2 is 1.90 bits per heavy atom. The number of carboxylic acids is 1. The molecule has 0 bridgehead atoms. The van der Waals surface area contributed by atoms with E-state index >= 15 is 0 Å². The van der Waals surface area contributed by atoms with Gasteiger partial charge in [-0.25, -0.2) is 0 Å². The normalized spacial score (nSPS) is 17.4. The van der Waals surface area contributed by atoms with Crippen molar-refractivity contribution in [2.24, 2.45) is 0 Å². The highest BCUT2D eigenvalue weighted by Crippen LogP contribution is 2.11. The molecule has 1 aromatic rings. The van der Waals surface area contributed by atoms with Crippen LogP contribution in [-0.2, 0) is 14.3 Å². The van der Waals surface area contributed by atoms with Crippen molar-refractivity contribution in [2.45, 2.75) is 12.5 Å². The molecule has 108 valence electrons. The van der Waals surface area contributed by atoms with Crippen LogP contribution in [0.15, 0.2) is 30.3 Å². The smallest absolute Gasteiger partial charge is 0.321 e. The van der Waals surface area contributed by atoms with Crippen LogP contribution >= 0.6 is 0 Å². The summed E-state index contributed by atoms with van der Waals surface area (Å²) in [5, 5.41) is 12.0. The number of carbonyl (C=O) groups excluding carboxylic acids is 1. The number of nitrogens with zero attached hydrogens (tertiary/aromatic N) is 1. The van der Waals surface area contributed by atoms with E-state index in [2.05, 4.69) is 5.32 Å². The molecule has 0 radical (unpaired) electrons. The number of aliphatic carboxylic acids is 1. The van der Waals surface area contributed by atoms with Gasteiger partial charge in [-0.05, 0) is 12.1 Å². The molecule has 1 fully saturated rings. The van der Waals surface area contributed by atoms with Crippen LogP contribution in [0.25, 0.3) is 0 Å². The van der Waals surface area contributed by atoms with Gasteiger partial charge in [0.05, 0.1) is 19.6 Å². The number of carboxylic acid groups (broad SMARTS) is 1. The molecule has 1 aliphatic rings. The van der Waals surface area contributed by atoms with Crippen LogP contribution in [0.1, 0.15) is 6.42 Å². The van der Waals surface area contributed by atoms with Crippen molar-refractivity contribution in [1.29, 1.82) is 0 Å². The Bertz CT molecular complexity index is 458. The summed E-state index contributed by atoms with van der Waals surface area (Å²) < 4.78 is 5.20. The van der Waals surface area contributed by atoms with Gasteiger partial charge in [-0.15, -0.1) is 0 Å². The Kier molecular flexibility index (Phi) is 5.09. The SMILES string of the molecule is O=C(CC(C(=O)O)N1CCOCC1)Nc1ccccc1. The zero-order chi connectivity index (χ0) is 14.4. The number of amides is 1. The van der Waals surface area contributed by atoms with Gasteiger partial charge in [-0.1, -0.05) is 18.2 Å². The summed E-state index contributed by atoms with van der Waals surface area (Å²) in [4.78, 5) is 25.0. The van der Waals surface area contributed by atoms with Crippen molar-refractivity contribution in [3.8, 4) is 0 Å². The molecular formula is C14H18N2O4. The molecule has 20 heavy (non-hydrogen) atoms. The first kappa shape index (κ1) is 14.5. The molecule has 1 unspecified atom stereocenters. The maximum Gasteiger partial charge on any atom is 0.321 e. The number of hydrogen-bond acceptors (Lipinski definition) is 4. The van der Waals surface area contributed by atoms with Crippen molar-refractivity contribution >= 4 is 17.6 Å². The minimum absolute atomic E-state index is 0.0653. The Morgan fingerprint density at radius 1 is 1.25 bits per heavy atom. The largest absolute Gasteiger partial charge is 0.480 e. The fourth-order valence-electron chi connectivity index (χ4n) is 2.17. The van der Waals surface area contributed by atoms with E-state index in [1.807, 2.05) is 18.2 Å². The van der Waals surface area contributed by atoms with Crippen molar-refractivity contribution in [1.82, 2.24) is 4.90 Å². The van der Waals surface area contributed by atoms with Crippen molar-refractivity contribution in [3.05, 3.63) is 30.3 Å². The molecule has 6 heteroatoms. The fraction of sp³-hybridized carbons (Fsp3) is 0.429. The molecule has 1 saturated heterocycles. The predicted octanol–water partition coefficient (Wildman–Crippen LogP) is 0.801. The highest BCUT2D eigenvalue weighted by Gasteiger charge is 2.29. The van der Waals surface area contributed by atoms with Crippen LogP contribution in [0.3, 0.4) is 0 Å². The predicted molar refractivity (Wildman–Crippen MR) is 73.5 cm³/mol. The Balaban J connectivity index is 1.93. The van der Waals surface area contributed by atoms with E-state index in [0.29, 0.717) is 32.0 Å². The summed E-state index contributed by atoms with van der Waals surface area (Å²) in [7, 11) is 0. The highest BCUT2D eigenvalue weighted by molar-refractivity contribution is 5.94. The Morgan fingerprint density at radius 3 is 2.50 bits per heavy atom. The second-order valence-corrected chi connectivity index (χ2v) is 4.62. The maximum absolute atomic E-state index is 11.9. The average molecular weight is 278 g/mol. The van der Waals surface area contributed by atoms with E-state index in [0.717, 1.165) is 0 Å². The Hall–Kier alpha value is -1.92. The van der Waals surface area contributed by atoms with Gasteiger partial charge in [-0.2, -0.15) is 0 Å². The van der Waals surface area contributed by atoms with E-state index in [1.165, 1.54) is 0 Å². The molecule has 0 saturated carbocycles. The lowest BCUT2D eigenvalue weighted by atomic mass is 10.1. The van der Waals surface area contributed by atoms with Crippen molar-refractivity contribution < 1.29 is 19.4 Å². The second-order valence-electron chi connectivity index (χ2n) is 4.62. The number of benzene rings is 1. The lowest BCUT2D eigenvalue weighted by Gasteiger charge is -2.31. The number of nitrogens with one attached hydrogen (secondary N) is 1. The summed E-state index contributed by atoms with van der Waals surface area (Å²) in [5.41, 5.74) is 0.670. The molecule has 6 nitrogen and oxygen atoms in total. The third-order valence-corrected chi connectivity index (χ3v) is 3.21. The zero-order valence-corrected chi connectivity index (χ0v) is 11.1. The summed E-state index contributed by atoms with van der Waals surface area (Å²) in [5.74, 6) is -1.27. The molecule has 0 aromatic heterocycles. The molecular weight excluding hydrogens is 260 g/mol. The molecule has 0 spiro atoms. The third-order valence-electron chi connectivity index (χ3n) is 3.21. The minimum Gasteiger partial charge on any atom is -0.480 e. The van der Waals surface area contributed by atoms with E-state index < -0.39 is 12.0 Å². The van der Waals surface area contributed by atoms with Gasteiger partial charge in [0.25, 0.3) is 0 Å². The first-order chi connectivity index (χ1) is 9.66. The first-order valence-electron chi connectivity index (χ1n) is 6.56. The summed E-state index contributed by atoms with van der Waals surface area (Å²) in [6.07, 6.45) is -0.0653. The molecule has 1 aromatic carbocycles. The van der Waals surface area contributed by atoms with Gasteiger partial charge < -0.3 is 15.2 Å². The van der Waals surface area contributed by atoms with Gasteiger partial charge in [0.2, 0.25) is 5.91 Å². The van der Waals surface area contributed by atoms with Crippen LogP contribution in [0.5, 0.6) is 0 Å². The fourth-order valence-corrected chi connectivity index (χ4v) is 2.17. The van der Waals surface area contributed by atoms with Crippen LogP contribution in [0.4, 0.5) is 5.69 Å². The standard InChI is InChI=1S/C14H18N2O4/c17-13(15-11-4-2-1-3-5-11)10-12(14(18)19)16-6-8-20-9-7-16/h1-5,12H,6-10H2,(H,15,17)(H,18,19). The zero-order valence-electron chi connectivity index (χ0n) is 11.1. The maximum atomic E-state index is 11.9. The number of ether oxygens (including phenoxy) is 1. The minimum atomic E-state index is -0.977. The molecule has 2 N–H and O–H groups in total. The lowest BCUT2D eigenvalue weighted by Crippen LogP contribution is -2.48. The number of morpholine rings is 1. The number of para-hydroxylation sites is 1. The summed E-state index contributed by atoms with van der Waals surface area (Å²) in [6, 6.07) is 8.20. The number of hydrogen-bond donors (Lipinski definition) is 2. The van der Waals surface area contributed by atoms with E-state index in [9.17, 15) is 14.7 Å². The van der Waals surface area contributed by atoms with Gasteiger partial charge in [0.15, 0.2) is 0 Å². The van der Waals surface area contributed by atoms with Crippen molar-refractivity contribution in [2.75, 3.05) is 31.6 Å². The van der Waals surface area contributed by atoms with Crippen LogP contribution in [0, 0.1) is 0 Å². The molecule has 1 amide bonds. The molecule has 1 aliphatic heterocycles. The number of carbonyl (C=O) groups is 2. The van der Waals surface area contributed by atoms with Gasteiger partial charge in [0, 0.05) is 18.8 Å². The average Bonchev–Trinajstić information content (AvgIpc) is 2.46. The van der Waals surface area contributed by atoms with Gasteiger partial charge >= 0.3 is 5.97 Å². The molecule has 1 atom stereocenters.